The van der Waals surface area contributed by atoms with E-state index in [1.165, 1.54) is 43.2 Å². The van der Waals surface area contributed by atoms with E-state index in [4.69, 9.17) is 0 Å². The lowest BCUT2D eigenvalue weighted by Gasteiger charge is -2.24. The van der Waals surface area contributed by atoms with Crippen molar-refractivity contribution in [3.63, 3.8) is 0 Å². The second-order valence-corrected chi connectivity index (χ2v) is 7.40. The first kappa shape index (κ1) is 17.9. The van der Waals surface area contributed by atoms with Gasteiger partial charge in [0.15, 0.2) is 0 Å². The number of nitrogens with one attached hydrogen (secondary N) is 2. The highest BCUT2D eigenvalue weighted by molar-refractivity contribution is 5.94. The van der Waals surface area contributed by atoms with Gasteiger partial charge in [0.1, 0.15) is 5.82 Å². The van der Waals surface area contributed by atoms with E-state index >= 15 is 0 Å². The van der Waals surface area contributed by atoms with Crippen LogP contribution in [0, 0.1) is 12.3 Å². The molecule has 0 atom stereocenters. The van der Waals surface area contributed by atoms with Crippen molar-refractivity contribution in [3.05, 3.63) is 23.4 Å². The third-order valence-electron chi connectivity index (χ3n) is 5.14. The van der Waals surface area contributed by atoms with Crippen LogP contribution in [0.2, 0.25) is 0 Å². The van der Waals surface area contributed by atoms with Crippen LogP contribution in [0.5, 0.6) is 0 Å². The molecular weight excluding hydrogens is 286 g/mol. The lowest BCUT2D eigenvalue weighted by Crippen LogP contribution is -2.31. The number of anilines is 1. The maximum absolute atomic E-state index is 12.3. The van der Waals surface area contributed by atoms with Crippen molar-refractivity contribution in [1.82, 2.24) is 10.3 Å². The summed E-state index contributed by atoms with van der Waals surface area (Å²) < 4.78 is 0. The Balaban J connectivity index is 1.99. The fourth-order valence-electron chi connectivity index (χ4n) is 2.83. The number of aromatic nitrogens is 1. The fourth-order valence-corrected chi connectivity index (χ4v) is 2.83. The first-order valence-corrected chi connectivity index (χ1v) is 8.92. The van der Waals surface area contributed by atoms with Gasteiger partial charge < -0.3 is 10.6 Å². The first-order chi connectivity index (χ1) is 10.9. The van der Waals surface area contributed by atoms with Crippen LogP contribution < -0.4 is 10.6 Å². The Bertz CT molecular complexity index is 533. The van der Waals surface area contributed by atoms with Crippen LogP contribution in [-0.4, -0.2) is 16.9 Å². The second kappa shape index (κ2) is 7.91. The molecule has 1 aromatic rings. The number of amides is 1. The molecule has 4 nitrogen and oxygen atoms in total. The van der Waals surface area contributed by atoms with Crippen LogP contribution in [0.1, 0.15) is 70.4 Å². The summed E-state index contributed by atoms with van der Waals surface area (Å²) in [5.41, 5.74) is 2.02. The first-order valence-electron chi connectivity index (χ1n) is 8.92. The van der Waals surface area contributed by atoms with E-state index in [1.807, 2.05) is 33.0 Å². The Kier molecular flexibility index (Phi) is 6.17. The van der Waals surface area contributed by atoms with Gasteiger partial charge in [0.25, 0.3) is 0 Å². The Morgan fingerprint density at radius 3 is 2.65 bits per heavy atom. The van der Waals surface area contributed by atoms with E-state index in [9.17, 15) is 4.79 Å². The van der Waals surface area contributed by atoms with Crippen LogP contribution in [0.3, 0.4) is 0 Å². The molecule has 1 saturated carbocycles. The predicted octanol–water partition coefficient (Wildman–Crippen LogP) is 4.19. The minimum absolute atomic E-state index is 0.0301. The summed E-state index contributed by atoms with van der Waals surface area (Å²) >= 11 is 0. The van der Waals surface area contributed by atoms with Crippen molar-refractivity contribution < 1.29 is 4.79 Å². The lowest BCUT2D eigenvalue weighted by molar-refractivity contribution is -0.124. The van der Waals surface area contributed by atoms with Gasteiger partial charge in [-0.1, -0.05) is 40.0 Å². The molecule has 0 unspecified atom stereocenters. The number of rotatable bonds is 6. The number of aryl methyl sites for hydroxylation is 1. The third kappa shape index (κ3) is 5.03. The van der Waals surface area contributed by atoms with Gasteiger partial charge in [-0.3, -0.25) is 4.79 Å². The topological polar surface area (TPSA) is 54.0 Å². The molecule has 0 spiro atoms. The number of carbonyl (C=O) groups excluding carboxylic acids is 1. The van der Waals surface area contributed by atoms with Crippen LogP contribution >= 0.6 is 0 Å². The molecule has 128 valence electrons. The molecular formula is C19H31N3O. The molecule has 1 heterocycles. The van der Waals surface area contributed by atoms with Gasteiger partial charge in [0, 0.05) is 24.2 Å². The monoisotopic (exact) mass is 317 g/mol. The average molecular weight is 317 g/mol. The van der Waals surface area contributed by atoms with Crippen molar-refractivity contribution in [2.24, 2.45) is 5.41 Å². The van der Waals surface area contributed by atoms with E-state index in [2.05, 4.69) is 22.5 Å². The molecule has 0 aromatic carbocycles. The third-order valence-corrected chi connectivity index (χ3v) is 5.14. The highest BCUT2D eigenvalue weighted by atomic mass is 16.2. The zero-order valence-corrected chi connectivity index (χ0v) is 15.0. The molecule has 0 saturated heterocycles. The Labute approximate surface area is 140 Å². The lowest BCUT2D eigenvalue weighted by atomic mass is 9.89. The maximum Gasteiger partial charge on any atom is 0.231 e. The number of pyridine rings is 1. The number of carbonyl (C=O) groups is 1. The maximum atomic E-state index is 12.3. The molecule has 1 aromatic heterocycles. The van der Waals surface area contributed by atoms with Crippen LogP contribution in [0.4, 0.5) is 5.82 Å². The van der Waals surface area contributed by atoms with Gasteiger partial charge in [-0.05, 0) is 43.4 Å². The Hall–Kier alpha value is -1.42. The molecule has 1 amide bonds. The minimum atomic E-state index is -0.368. The van der Waals surface area contributed by atoms with Crippen LogP contribution in [-0.2, 0) is 11.3 Å². The van der Waals surface area contributed by atoms with Gasteiger partial charge in [0.05, 0.1) is 0 Å². The SMILES string of the molecule is CCC(C)(C)C(=O)Nc1cc(CNC2CCCCC2)c(C)cn1. The summed E-state index contributed by atoms with van der Waals surface area (Å²) in [5.74, 6) is 0.685. The molecule has 0 bridgehead atoms. The Morgan fingerprint density at radius 2 is 2.00 bits per heavy atom. The molecule has 1 aliphatic rings. The highest BCUT2D eigenvalue weighted by Crippen LogP contribution is 2.23. The van der Waals surface area contributed by atoms with Crippen molar-refractivity contribution in [1.29, 1.82) is 0 Å². The van der Waals surface area contributed by atoms with Gasteiger partial charge in [-0.15, -0.1) is 0 Å². The zero-order valence-electron chi connectivity index (χ0n) is 15.0. The summed E-state index contributed by atoms with van der Waals surface area (Å²) in [5, 5.41) is 6.62. The van der Waals surface area contributed by atoms with E-state index in [-0.39, 0.29) is 11.3 Å². The second-order valence-electron chi connectivity index (χ2n) is 7.40. The van der Waals surface area contributed by atoms with Crippen LogP contribution in [0.15, 0.2) is 12.3 Å². The van der Waals surface area contributed by atoms with Gasteiger partial charge in [0.2, 0.25) is 5.91 Å². The Morgan fingerprint density at radius 1 is 1.30 bits per heavy atom. The summed E-state index contributed by atoms with van der Waals surface area (Å²) in [6, 6.07) is 2.64. The van der Waals surface area contributed by atoms with Crippen LogP contribution in [0.25, 0.3) is 0 Å². The van der Waals surface area contributed by atoms with E-state index in [0.717, 1.165) is 13.0 Å². The predicted molar refractivity (Wildman–Crippen MR) is 95.4 cm³/mol. The van der Waals surface area contributed by atoms with E-state index in [0.29, 0.717) is 11.9 Å². The zero-order chi connectivity index (χ0) is 16.9. The van der Waals surface area contributed by atoms with Gasteiger partial charge in [-0.2, -0.15) is 0 Å². The number of hydrogen-bond donors (Lipinski definition) is 2. The summed E-state index contributed by atoms with van der Waals surface area (Å²) in [7, 11) is 0. The standard InChI is InChI=1S/C19H31N3O/c1-5-19(3,4)18(23)22-17-11-15(14(2)12-21-17)13-20-16-9-7-6-8-10-16/h11-12,16,20H,5-10,13H2,1-4H3,(H,21,22,23). The van der Waals surface area contributed by atoms with Crippen molar-refractivity contribution in [2.45, 2.75) is 78.8 Å². The normalized spacial score (nSPS) is 16.3. The molecule has 2 N–H and O–H groups in total. The largest absolute Gasteiger partial charge is 0.310 e. The summed E-state index contributed by atoms with van der Waals surface area (Å²) in [4.78, 5) is 16.7. The quantitative estimate of drug-likeness (QED) is 0.827. The van der Waals surface area contributed by atoms with E-state index < -0.39 is 0 Å². The van der Waals surface area contributed by atoms with Gasteiger partial charge in [-0.25, -0.2) is 4.98 Å². The molecule has 23 heavy (non-hydrogen) atoms. The van der Waals surface area contributed by atoms with Crippen molar-refractivity contribution >= 4 is 11.7 Å². The molecule has 0 aliphatic heterocycles. The highest BCUT2D eigenvalue weighted by Gasteiger charge is 2.25. The van der Waals surface area contributed by atoms with Crippen molar-refractivity contribution in [2.75, 3.05) is 5.32 Å². The number of hydrogen-bond acceptors (Lipinski definition) is 3. The average Bonchev–Trinajstić information content (AvgIpc) is 2.56. The molecule has 4 heteroatoms. The van der Waals surface area contributed by atoms with E-state index in [1.54, 1.807) is 0 Å². The van der Waals surface area contributed by atoms with Crippen molar-refractivity contribution in [3.8, 4) is 0 Å². The fraction of sp³-hybridized carbons (Fsp3) is 0.684. The molecule has 1 fully saturated rings. The van der Waals surface area contributed by atoms with Gasteiger partial charge >= 0.3 is 0 Å². The molecule has 1 aliphatic carbocycles. The summed E-state index contributed by atoms with van der Waals surface area (Å²) in [6.07, 6.45) is 9.25. The summed E-state index contributed by atoms with van der Waals surface area (Å²) in [6.45, 7) is 8.87. The minimum Gasteiger partial charge on any atom is -0.310 e. The molecule has 0 radical (unpaired) electrons. The molecule has 2 rings (SSSR count). The number of nitrogens with zero attached hydrogens (tertiary/aromatic N) is 1. The smallest absolute Gasteiger partial charge is 0.231 e.